The standard InChI is InChI=1S/C13H22N2O5S/c1-9-2-4-14-11(6-9)13(18)15(7-12(16)17)10-3-5-21(19,20)8-10/h9-11,14H,2-8H2,1H3,(H,16,17). The number of piperidine rings is 1. The summed E-state index contributed by atoms with van der Waals surface area (Å²) in [6, 6.07) is -0.922. The summed E-state index contributed by atoms with van der Waals surface area (Å²) in [5.74, 6) is -1.11. The third-order valence-electron chi connectivity index (χ3n) is 4.20. The van der Waals surface area contributed by atoms with E-state index >= 15 is 0 Å². The Hall–Kier alpha value is -1.15. The van der Waals surface area contributed by atoms with Gasteiger partial charge in [0.2, 0.25) is 5.91 Å². The van der Waals surface area contributed by atoms with Crippen LogP contribution in [0.4, 0.5) is 0 Å². The molecule has 2 rings (SSSR count). The minimum absolute atomic E-state index is 0.0234. The van der Waals surface area contributed by atoms with Crippen LogP contribution in [0.5, 0.6) is 0 Å². The molecule has 7 nitrogen and oxygen atoms in total. The molecule has 21 heavy (non-hydrogen) atoms. The topological polar surface area (TPSA) is 104 Å². The number of rotatable bonds is 4. The van der Waals surface area contributed by atoms with Crippen LogP contribution in [0.15, 0.2) is 0 Å². The number of nitrogens with zero attached hydrogens (tertiary/aromatic N) is 1. The Morgan fingerprint density at radius 3 is 2.57 bits per heavy atom. The van der Waals surface area contributed by atoms with Crippen LogP contribution in [0.25, 0.3) is 0 Å². The van der Waals surface area contributed by atoms with Gasteiger partial charge in [-0.15, -0.1) is 0 Å². The van der Waals surface area contributed by atoms with Crippen molar-refractivity contribution in [3.05, 3.63) is 0 Å². The molecule has 3 unspecified atom stereocenters. The molecular formula is C13H22N2O5S. The fourth-order valence-electron chi connectivity index (χ4n) is 3.05. The van der Waals surface area contributed by atoms with E-state index in [0.717, 1.165) is 13.0 Å². The summed E-state index contributed by atoms with van der Waals surface area (Å²) in [6.45, 7) is 2.34. The highest BCUT2D eigenvalue weighted by Gasteiger charge is 2.38. The summed E-state index contributed by atoms with van der Waals surface area (Å²) in [6.07, 6.45) is 1.97. The van der Waals surface area contributed by atoms with E-state index in [2.05, 4.69) is 12.2 Å². The first kappa shape index (κ1) is 16.2. The van der Waals surface area contributed by atoms with Crippen LogP contribution in [0.1, 0.15) is 26.2 Å². The number of hydrogen-bond acceptors (Lipinski definition) is 5. The SMILES string of the molecule is CC1CCNC(C(=O)N(CC(=O)O)C2CCS(=O)(=O)C2)C1. The maximum absolute atomic E-state index is 12.6. The van der Waals surface area contributed by atoms with Gasteiger partial charge in [-0.2, -0.15) is 0 Å². The Morgan fingerprint density at radius 1 is 1.33 bits per heavy atom. The molecule has 0 saturated carbocycles. The molecule has 3 atom stereocenters. The van der Waals surface area contributed by atoms with Crippen LogP contribution < -0.4 is 5.32 Å². The lowest BCUT2D eigenvalue weighted by molar-refractivity contribution is -0.147. The van der Waals surface area contributed by atoms with Gasteiger partial charge >= 0.3 is 5.97 Å². The van der Waals surface area contributed by atoms with E-state index in [9.17, 15) is 18.0 Å². The molecule has 0 aliphatic carbocycles. The lowest BCUT2D eigenvalue weighted by atomic mass is 9.93. The zero-order valence-electron chi connectivity index (χ0n) is 12.1. The first-order valence-corrected chi connectivity index (χ1v) is 9.06. The molecule has 2 heterocycles. The number of hydrogen-bond donors (Lipinski definition) is 2. The fourth-order valence-corrected chi connectivity index (χ4v) is 4.78. The highest BCUT2D eigenvalue weighted by molar-refractivity contribution is 7.91. The molecule has 2 N–H and O–H groups in total. The average molecular weight is 318 g/mol. The van der Waals surface area contributed by atoms with Gasteiger partial charge in [-0.1, -0.05) is 6.92 Å². The summed E-state index contributed by atoms with van der Waals surface area (Å²) >= 11 is 0. The minimum atomic E-state index is -3.16. The van der Waals surface area contributed by atoms with Gasteiger partial charge in [0.25, 0.3) is 0 Å². The van der Waals surface area contributed by atoms with E-state index in [1.165, 1.54) is 4.90 Å². The zero-order valence-corrected chi connectivity index (χ0v) is 12.9. The predicted octanol–water partition coefficient (Wildman–Crippen LogP) is -0.525. The van der Waals surface area contributed by atoms with E-state index in [-0.39, 0.29) is 17.4 Å². The molecule has 1 amide bonds. The summed E-state index contributed by atoms with van der Waals surface area (Å²) in [5, 5.41) is 12.1. The van der Waals surface area contributed by atoms with E-state index < -0.39 is 34.4 Å². The van der Waals surface area contributed by atoms with Crippen molar-refractivity contribution in [1.82, 2.24) is 10.2 Å². The molecule has 0 bridgehead atoms. The Bertz CT molecular complexity index is 519. The number of sulfone groups is 1. The lowest BCUT2D eigenvalue weighted by Gasteiger charge is -2.34. The van der Waals surface area contributed by atoms with Crippen LogP contribution in [-0.2, 0) is 19.4 Å². The van der Waals surface area contributed by atoms with E-state index in [4.69, 9.17) is 5.11 Å². The van der Waals surface area contributed by atoms with Crippen molar-refractivity contribution in [2.24, 2.45) is 5.92 Å². The van der Waals surface area contributed by atoms with Crippen LogP contribution in [0.2, 0.25) is 0 Å². The number of carboxylic acid groups (broad SMARTS) is 1. The normalized spacial score (nSPS) is 31.8. The molecule has 2 aliphatic rings. The Kier molecular flexibility index (Phi) is 4.88. The van der Waals surface area contributed by atoms with Crippen molar-refractivity contribution in [3.8, 4) is 0 Å². The van der Waals surface area contributed by atoms with Gasteiger partial charge in [0.15, 0.2) is 9.84 Å². The quantitative estimate of drug-likeness (QED) is 0.722. The lowest BCUT2D eigenvalue weighted by Crippen LogP contribution is -2.54. The predicted molar refractivity (Wildman–Crippen MR) is 76.6 cm³/mol. The maximum Gasteiger partial charge on any atom is 0.323 e. The number of carbonyl (C=O) groups excluding carboxylic acids is 1. The second-order valence-corrected chi connectivity index (χ2v) is 8.28. The van der Waals surface area contributed by atoms with Crippen LogP contribution >= 0.6 is 0 Å². The second kappa shape index (κ2) is 6.31. The van der Waals surface area contributed by atoms with E-state index in [0.29, 0.717) is 18.8 Å². The highest BCUT2D eigenvalue weighted by Crippen LogP contribution is 2.22. The molecular weight excluding hydrogens is 296 g/mol. The number of aliphatic carboxylic acids is 1. The largest absolute Gasteiger partial charge is 0.480 e. The van der Waals surface area contributed by atoms with Gasteiger partial charge in [0.05, 0.1) is 17.5 Å². The third kappa shape index (κ3) is 4.16. The molecule has 2 fully saturated rings. The number of amides is 1. The first-order valence-electron chi connectivity index (χ1n) is 7.24. The molecule has 2 saturated heterocycles. The maximum atomic E-state index is 12.6. The molecule has 120 valence electrons. The van der Waals surface area contributed by atoms with Crippen molar-refractivity contribution >= 4 is 21.7 Å². The molecule has 0 radical (unpaired) electrons. The molecule has 0 aromatic heterocycles. The summed E-state index contributed by atoms with van der Waals surface area (Å²) in [4.78, 5) is 24.8. The zero-order chi connectivity index (χ0) is 15.6. The monoisotopic (exact) mass is 318 g/mol. The van der Waals surface area contributed by atoms with Crippen LogP contribution in [0, 0.1) is 5.92 Å². The average Bonchev–Trinajstić information content (AvgIpc) is 2.75. The fraction of sp³-hybridized carbons (Fsp3) is 0.846. The summed E-state index contributed by atoms with van der Waals surface area (Å²) in [7, 11) is -3.16. The molecule has 8 heteroatoms. The third-order valence-corrected chi connectivity index (χ3v) is 5.95. The van der Waals surface area contributed by atoms with Gasteiger partial charge in [-0.3, -0.25) is 9.59 Å². The van der Waals surface area contributed by atoms with Crippen molar-refractivity contribution in [3.63, 3.8) is 0 Å². The number of carboxylic acids is 1. The highest BCUT2D eigenvalue weighted by atomic mass is 32.2. The van der Waals surface area contributed by atoms with Crippen molar-refractivity contribution in [1.29, 1.82) is 0 Å². The smallest absolute Gasteiger partial charge is 0.323 e. The van der Waals surface area contributed by atoms with Gasteiger partial charge < -0.3 is 15.3 Å². The Labute approximate surface area is 124 Å². The van der Waals surface area contributed by atoms with Gasteiger partial charge in [0.1, 0.15) is 6.54 Å². The van der Waals surface area contributed by atoms with Gasteiger partial charge in [-0.05, 0) is 31.7 Å². The van der Waals surface area contributed by atoms with Crippen molar-refractivity contribution < 1.29 is 23.1 Å². The second-order valence-electron chi connectivity index (χ2n) is 6.05. The summed E-state index contributed by atoms with van der Waals surface area (Å²) < 4.78 is 23.2. The van der Waals surface area contributed by atoms with E-state index in [1.807, 2.05) is 0 Å². The molecule has 0 aromatic rings. The van der Waals surface area contributed by atoms with Gasteiger partial charge in [-0.25, -0.2) is 8.42 Å². The number of carbonyl (C=O) groups is 2. The molecule has 0 aromatic carbocycles. The van der Waals surface area contributed by atoms with Gasteiger partial charge in [0, 0.05) is 6.04 Å². The molecule has 0 spiro atoms. The van der Waals surface area contributed by atoms with Crippen molar-refractivity contribution in [2.75, 3.05) is 24.6 Å². The van der Waals surface area contributed by atoms with Crippen LogP contribution in [0.3, 0.4) is 0 Å². The van der Waals surface area contributed by atoms with Crippen molar-refractivity contribution in [2.45, 2.75) is 38.3 Å². The molecule has 2 aliphatic heterocycles. The Morgan fingerprint density at radius 2 is 2.05 bits per heavy atom. The first-order chi connectivity index (χ1) is 9.78. The summed E-state index contributed by atoms with van der Waals surface area (Å²) in [5.41, 5.74) is 0. The minimum Gasteiger partial charge on any atom is -0.480 e. The van der Waals surface area contributed by atoms with E-state index in [1.54, 1.807) is 0 Å². The Balaban J connectivity index is 2.11. The number of nitrogens with one attached hydrogen (secondary N) is 1. The van der Waals surface area contributed by atoms with Crippen LogP contribution in [-0.4, -0.2) is 67.0 Å².